The molecule has 2 unspecified atom stereocenters. The van der Waals surface area contributed by atoms with Crippen molar-refractivity contribution in [3.05, 3.63) is 60.8 Å². The Balaban J connectivity index is 1.83. The molecule has 0 aliphatic carbocycles. The fourth-order valence-corrected chi connectivity index (χ4v) is 5.57. The molecule has 0 radical (unpaired) electrons. The van der Waals surface area contributed by atoms with E-state index in [1.807, 2.05) is 42.6 Å². The van der Waals surface area contributed by atoms with E-state index in [1.54, 1.807) is 28.0 Å². The lowest BCUT2D eigenvalue weighted by atomic mass is 10.1. The van der Waals surface area contributed by atoms with Crippen molar-refractivity contribution in [1.82, 2.24) is 3.93 Å². The molecule has 146 valence electrons. The Hall–Kier alpha value is -1.81. The van der Waals surface area contributed by atoms with Crippen molar-refractivity contribution in [2.24, 2.45) is 4.99 Å². The van der Waals surface area contributed by atoms with Gasteiger partial charge in [-0.3, -0.25) is 13.5 Å². The second-order valence-corrected chi connectivity index (χ2v) is 9.92. The van der Waals surface area contributed by atoms with Gasteiger partial charge in [-0.15, -0.1) is 0 Å². The van der Waals surface area contributed by atoms with Crippen LogP contribution in [0.3, 0.4) is 0 Å². The maximum atomic E-state index is 11.5. The van der Waals surface area contributed by atoms with Crippen LogP contribution in [0.5, 0.6) is 0 Å². The van der Waals surface area contributed by atoms with Crippen molar-refractivity contribution in [2.45, 2.75) is 28.4 Å². The van der Waals surface area contributed by atoms with Gasteiger partial charge in [-0.05, 0) is 36.8 Å². The minimum absolute atomic E-state index is 0.212. The fraction of sp³-hybridized carbons (Fsp3) is 0.211. The van der Waals surface area contributed by atoms with Crippen LogP contribution >= 0.6 is 27.9 Å². The number of allylic oxidation sites excluding steroid dienone is 1. The Morgan fingerprint density at radius 1 is 1.11 bits per heavy atom. The number of nitrogens with zero attached hydrogens (tertiary/aromatic N) is 3. The molecule has 4 rings (SSSR count). The molecule has 2 aromatic carbocycles. The predicted molar refractivity (Wildman–Crippen MR) is 116 cm³/mol. The molecule has 2 heterocycles. The molecule has 0 bridgehead atoms. The van der Waals surface area contributed by atoms with Crippen LogP contribution in [-0.2, 0) is 10.1 Å². The Morgan fingerprint density at radius 3 is 2.29 bits per heavy atom. The molecule has 0 aromatic heterocycles. The monoisotopic (exact) mass is 479 g/mol. The minimum atomic E-state index is -4.10. The van der Waals surface area contributed by atoms with Crippen molar-refractivity contribution in [3.8, 4) is 0 Å². The fourth-order valence-electron chi connectivity index (χ4n) is 3.45. The van der Waals surface area contributed by atoms with Crippen molar-refractivity contribution >= 4 is 55.6 Å². The maximum Gasteiger partial charge on any atom is 0.264 e. The SMILES string of the molecule is O=S(=O)(O)CCC(C1N=CC=CN1Br)N1c2ccccc2Sc2ccccc21. The first-order chi connectivity index (χ1) is 13.4. The summed E-state index contributed by atoms with van der Waals surface area (Å²) < 4.78 is 34.2. The van der Waals surface area contributed by atoms with E-state index in [4.69, 9.17) is 0 Å². The van der Waals surface area contributed by atoms with Gasteiger partial charge >= 0.3 is 0 Å². The summed E-state index contributed by atoms with van der Waals surface area (Å²) in [4.78, 5) is 8.90. The van der Waals surface area contributed by atoms with Crippen LogP contribution in [0.25, 0.3) is 0 Å². The molecule has 9 heteroatoms. The zero-order valence-corrected chi connectivity index (χ0v) is 17.9. The van der Waals surface area contributed by atoms with Crippen LogP contribution < -0.4 is 4.90 Å². The zero-order valence-electron chi connectivity index (χ0n) is 14.7. The maximum absolute atomic E-state index is 11.5. The summed E-state index contributed by atoms with van der Waals surface area (Å²) in [6, 6.07) is 15.8. The molecule has 2 aliphatic heterocycles. The van der Waals surface area contributed by atoms with Gasteiger partial charge < -0.3 is 4.90 Å². The summed E-state index contributed by atoms with van der Waals surface area (Å²) in [7, 11) is -4.10. The molecule has 0 amide bonds. The van der Waals surface area contributed by atoms with Gasteiger partial charge in [-0.1, -0.05) is 36.0 Å². The van der Waals surface area contributed by atoms with Crippen LogP contribution in [0.1, 0.15) is 6.42 Å². The third kappa shape index (κ3) is 3.98. The molecule has 1 N–H and O–H groups in total. The third-order valence-corrected chi connectivity index (χ3v) is 7.16. The molecule has 2 aliphatic rings. The van der Waals surface area contributed by atoms with Gasteiger partial charge in [0.15, 0.2) is 6.17 Å². The summed E-state index contributed by atoms with van der Waals surface area (Å²) in [5.41, 5.74) is 1.99. The molecular weight excluding hydrogens is 462 g/mol. The molecular formula is C19H18BrN3O3S2. The van der Waals surface area contributed by atoms with Crippen LogP contribution in [0.4, 0.5) is 11.4 Å². The van der Waals surface area contributed by atoms with E-state index in [2.05, 4.69) is 38.2 Å². The summed E-state index contributed by atoms with van der Waals surface area (Å²) in [5.74, 6) is -0.345. The van der Waals surface area contributed by atoms with Gasteiger partial charge in [0.05, 0.1) is 39.3 Å². The number of aliphatic imine (C=N–C) groups is 1. The van der Waals surface area contributed by atoms with E-state index in [0.29, 0.717) is 0 Å². The standard InChI is InChI=1S/C19H18BrN3O3S2/c20-22-12-5-11-21-19(22)16(10-13-28(24,25)26)23-14-6-1-3-8-17(14)27-18-9-4-2-7-15(18)23/h1-9,11-12,16,19H,10,13H2,(H,24,25,26). The molecule has 28 heavy (non-hydrogen) atoms. The van der Waals surface area contributed by atoms with E-state index in [1.165, 1.54) is 0 Å². The van der Waals surface area contributed by atoms with Gasteiger partial charge in [-0.25, -0.2) is 0 Å². The average Bonchev–Trinajstić information content (AvgIpc) is 2.67. The molecule has 2 atom stereocenters. The van der Waals surface area contributed by atoms with E-state index < -0.39 is 10.1 Å². The van der Waals surface area contributed by atoms with Crippen molar-refractivity contribution in [1.29, 1.82) is 0 Å². The summed E-state index contributed by atoms with van der Waals surface area (Å²) in [5, 5.41) is 0. The average molecular weight is 480 g/mol. The van der Waals surface area contributed by atoms with Crippen LogP contribution in [0.2, 0.25) is 0 Å². The number of anilines is 2. The Kier molecular flexibility index (Phi) is 5.50. The number of fused-ring (bicyclic) bond motifs is 2. The molecule has 0 saturated heterocycles. The lowest BCUT2D eigenvalue weighted by molar-refractivity contribution is 0.373. The Labute approximate surface area is 177 Å². The number of halogens is 1. The summed E-state index contributed by atoms with van der Waals surface area (Å²) in [6.07, 6.45) is 5.20. The van der Waals surface area contributed by atoms with Crippen LogP contribution in [0.15, 0.2) is 75.6 Å². The van der Waals surface area contributed by atoms with Gasteiger partial charge in [0.2, 0.25) is 0 Å². The highest BCUT2D eigenvalue weighted by Gasteiger charge is 2.36. The number of para-hydroxylation sites is 2. The van der Waals surface area contributed by atoms with Gasteiger partial charge in [0, 0.05) is 22.2 Å². The Morgan fingerprint density at radius 2 is 1.71 bits per heavy atom. The lowest BCUT2D eigenvalue weighted by Crippen LogP contribution is -2.47. The van der Waals surface area contributed by atoms with E-state index in [0.717, 1.165) is 21.2 Å². The van der Waals surface area contributed by atoms with Gasteiger partial charge in [0.1, 0.15) is 0 Å². The summed E-state index contributed by atoms with van der Waals surface area (Å²) >= 11 is 5.20. The first-order valence-electron chi connectivity index (χ1n) is 8.68. The predicted octanol–water partition coefficient (Wildman–Crippen LogP) is 4.47. The normalized spacial score (nSPS) is 19.3. The van der Waals surface area contributed by atoms with E-state index in [-0.39, 0.29) is 24.4 Å². The van der Waals surface area contributed by atoms with Crippen molar-refractivity contribution in [3.63, 3.8) is 0 Å². The van der Waals surface area contributed by atoms with E-state index >= 15 is 0 Å². The first-order valence-corrected chi connectivity index (χ1v) is 11.8. The quantitative estimate of drug-likeness (QED) is 0.503. The highest BCUT2D eigenvalue weighted by molar-refractivity contribution is 9.07. The third-order valence-electron chi connectivity index (χ3n) is 4.62. The molecule has 0 saturated carbocycles. The lowest BCUT2D eigenvalue weighted by Gasteiger charge is -2.43. The number of hydrogen-bond acceptors (Lipinski definition) is 6. The van der Waals surface area contributed by atoms with Crippen molar-refractivity contribution in [2.75, 3.05) is 10.7 Å². The van der Waals surface area contributed by atoms with Crippen LogP contribution in [-0.4, -0.2) is 41.1 Å². The van der Waals surface area contributed by atoms with E-state index in [9.17, 15) is 13.0 Å². The first kappa shape index (κ1) is 19.5. The smallest absolute Gasteiger partial charge is 0.264 e. The topological polar surface area (TPSA) is 73.2 Å². The second-order valence-electron chi connectivity index (χ2n) is 6.45. The van der Waals surface area contributed by atoms with Gasteiger partial charge in [0.25, 0.3) is 10.1 Å². The Bertz CT molecular complexity index is 997. The highest BCUT2D eigenvalue weighted by Crippen LogP contribution is 2.49. The number of benzene rings is 2. The van der Waals surface area contributed by atoms with Crippen LogP contribution in [0, 0.1) is 0 Å². The zero-order chi connectivity index (χ0) is 19.7. The molecule has 0 spiro atoms. The minimum Gasteiger partial charge on any atom is -0.332 e. The molecule has 2 aromatic rings. The highest BCUT2D eigenvalue weighted by atomic mass is 79.9. The van der Waals surface area contributed by atoms with Crippen molar-refractivity contribution < 1.29 is 13.0 Å². The van der Waals surface area contributed by atoms with Gasteiger partial charge in [-0.2, -0.15) is 8.42 Å². The number of hydrogen-bond donors (Lipinski definition) is 1. The largest absolute Gasteiger partial charge is 0.332 e. The molecule has 0 fully saturated rings. The second kappa shape index (κ2) is 7.90. The number of rotatable bonds is 5. The molecule has 6 nitrogen and oxygen atoms in total. The summed E-state index contributed by atoms with van der Waals surface area (Å²) in [6.45, 7) is 0.